The number of anilines is 1. The fraction of sp³-hybridized carbons (Fsp3) is 0.304. The molecule has 1 amide bonds. The monoisotopic (exact) mass is 494 g/mol. The van der Waals surface area contributed by atoms with Crippen molar-refractivity contribution in [1.82, 2.24) is 24.6 Å². The first kappa shape index (κ1) is 20.7. The number of pyridine rings is 2. The van der Waals surface area contributed by atoms with Crippen LogP contribution in [-0.4, -0.2) is 56.7 Å². The van der Waals surface area contributed by atoms with Crippen molar-refractivity contribution in [2.24, 2.45) is 0 Å². The Kier molecular flexibility index (Phi) is 5.42. The van der Waals surface area contributed by atoms with Crippen molar-refractivity contribution >= 4 is 38.7 Å². The van der Waals surface area contributed by atoms with Gasteiger partial charge in [0.05, 0.1) is 23.4 Å². The summed E-state index contributed by atoms with van der Waals surface area (Å²) in [6, 6.07) is 9.58. The molecule has 4 aromatic heterocycles. The molecule has 1 fully saturated rings. The van der Waals surface area contributed by atoms with E-state index in [0.29, 0.717) is 35.8 Å². The molecule has 0 bridgehead atoms. The SMILES string of the molecule is CC(C)n1ncc2c(C(=O)N3CCN(c4ccc(Br)cn4)CC3)cc(-c3ccco3)nc21. The van der Waals surface area contributed by atoms with Gasteiger partial charge in [-0.15, -0.1) is 0 Å². The number of carbonyl (C=O) groups is 1. The van der Waals surface area contributed by atoms with Gasteiger partial charge in [0.2, 0.25) is 0 Å². The number of fused-ring (bicyclic) bond motifs is 1. The zero-order valence-corrected chi connectivity index (χ0v) is 19.5. The molecule has 0 N–H and O–H groups in total. The van der Waals surface area contributed by atoms with Gasteiger partial charge in [0.1, 0.15) is 11.5 Å². The van der Waals surface area contributed by atoms with Gasteiger partial charge in [0.25, 0.3) is 5.91 Å². The van der Waals surface area contributed by atoms with Gasteiger partial charge in [0.15, 0.2) is 11.4 Å². The molecular formula is C23H23BrN6O2. The van der Waals surface area contributed by atoms with E-state index in [1.54, 1.807) is 18.7 Å². The van der Waals surface area contributed by atoms with Gasteiger partial charge >= 0.3 is 0 Å². The van der Waals surface area contributed by atoms with E-state index in [9.17, 15) is 4.79 Å². The number of furan rings is 1. The first-order valence-corrected chi connectivity index (χ1v) is 11.4. The zero-order chi connectivity index (χ0) is 22.2. The van der Waals surface area contributed by atoms with E-state index in [1.165, 1.54) is 0 Å². The van der Waals surface area contributed by atoms with Crippen LogP contribution in [-0.2, 0) is 0 Å². The van der Waals surface area contributed by atoms with Crippen molar-refractivity contribution < 1.29 is 9.21 Å². The summed E-state index contributed by atoms with van der Waals surface area (Å²) in [4.78, 5) is 26.9. The number of amides is 1. The smallest absolute Gasteiger partial charge is 0.254 e. The summed E-state index contributed by atoms with van der Waals surface area (Å²) < 4.78 is 8.36. The molecule has 1 aliphatic heterocycles. The molecule has 0 unspecified atom stereocenters. The van der Waals surface area contributed by atoms with Gasteiger partial charge < -0.3 is 14.2 Å². The minimum absolute atomic E-state index is 0.0167. The maximum absolute atomic E-state index is 13.6. The average Bonchev–Trinajstić information content (AvgIpc) is 3.49. The Bertz CT molecular complexity index is 1240. The molecule has 1 saturated heterocycles. The largest absolute Gasteiger partial charge is 0.463 e. The fourth-order valence-electron chi connectivity index (χ4n) is 3.99. The van der Waals surface area contributed by atoms with Gasteiger partial charge in [-0.2, -0.15) is 5.10 Å². The predicted molar refractivity (Wildman–Crippen MR) is 126 cm³/mol. The molecule has 5 rings (SSSR count). The fourth-order valence-corrected chi connectivity index (χ4v) is 4.22. The number of piperazine rings is 1. The molecule has 1 aliphatic rings. The summed E-state index contributed by atoms with van der Waals surface area (Å²) in [7, 11) is 0. The Morgan fingerprint density at radius 3 is 2.59 bits per heavy atom. The van der Waals surface area contributed by atoms with E-state index in [2.05, 4.69) is 30.9 Å². The predicted octanol–water partition coefficient (Wildman–Crippen LogP) is 4.39. The van der Waals surface area contributed by atoms with E-state index in [0.717, 1.165) is 28.8 Å². The van der Waals surface area contributed by atoms with Crippen molar-refractivity contribution in [1.29, 1.82) is 0 Å². The van der Waals surface area contributed by atoms with Crippen molar-refractivity contribution in [2.75, 3.05) is 31.1 Å². The summed E-state index contributed by atoms with van der Waals surface area (Å²) in [5, 5.41) is 5.26. The lowest BCUT2D eigenvalue weighted by molar-refractivity contribution is 0.0748. The first-order chi connectivity index (χ1) is 15.5. The van der Waals surface area contributed by atoms with Crippen LogP contribution >= 0.6 is 15.9 Å². The highest BCUT2D eigenvalue weighted by Crippen LogP contribution is 2.28. The van der Waals surface area contributed by atoms with Gasteiger partial charge in [-0.3, -0.25) is 4.79 Å². The maximum Gasteiger partial charge on any atom is 0.254 e. The van der Waals surface area contributed by atoms with E-state index < -0.39 is 0 Å². The molecule has 0 saturated carbocycles. The molecule has 0 radical (unpaired) electrons. The Balaban J connectivity index is 1.45. The molecule has 164 valence electrons. The quantitative estimate of drug-likeness (QED) is 0.418. The van der Waals surface area contributed by atoms with Crippen LogP contribution in [0.15, 0.2) is 57.9 Å². The number of hydrogen-bond acceptors (Lipinski definition) is 6. The van der Waals surface area contributed by atoms with E-state index >= 15 is 0 Å². The van der Waals surface area contributed by atoms with E-state index in [4.69, 9.17) is 9.40 Å². The van der Waals surface area contributed by atoms with Gasteiger partial charge in [0, 0.05) is 42.9 Å². The third-order valence-electron chi connectivity index (χ3n) is 5.66. The van der Waals surface area contributed by atoms with Crippen LogP contribution in [0.4, 0.5) is 5.82 Å². The maximum atomic E-state index is 13.6. The minimum atomic E-state index is -0.0167. The molecule has 9 heteroatoms. The van der Waals surface area contributed by atoms with Crippen LogP contribution in [0, 0.1) is 0 Å². The normalized spacial score (nSPS) is 14.5. The Hall–Kier alpha value is -3.20. The van der Waals surface area contributed by atoms with Crippen LogP contribution in [0.5, 0.6) is 0 Å². The highest BCUT2D eigenvalue weighted by molar-refractivity contribution is 9.10. The number of nitrogens with zero attached hydrogens (tertiary/aromatic N) is 6. The number of aromatic nitrogens is 4. The Morgan fingerprint density at radius 2 is 1.94 bits per heavy atom. The van der Waals surface area contributed by atoms with E-state index in [1.807, 2.05) is 53.8 Å². The number of hydrogen-bond donors (Lipinski definition) is 0. The molecule has 0 spiro atoms. The van der Waals surface area contributed by atoms with Crippen molar-refractivity contribution in [2.45, 2.75) is 19.9 Å². The second kappa shape index (κ2) is 8.38. The average molecular weight is 495 g/mol. The third kappa shape index (κ3) is 3.77. The summed E-state index contributed by atoms with van der Waals surface area (Å²) in [6.07, 6.45) is 5.14. The Labute approximate surface area is 194 Å². The second-order valence-electron chi connectivity index (χ2n) is 8.07. The topological polar surface area (TPSA) is 80.3 Å². The molecule has 5 heterocycles. The molecule has 0 atom stereocenters. The van der Waals surface area contributed by atoms with Crippen LogP contribution < -0.4 is 4.90 Å². The molecule has 0 aromatic carbocycles. The minimum Gasteiger partial charge on any atom is -0.463 e. The number of halogens is 1. The Morgan fingerprint density at radius 1 is 1.12 bits per heavy atom. The molecular weight excluding hydrogens is 472 g/mol. The zero-order valence-electron chi connectivity index (χ0n) is 17.9. The van der Waals surface area contributed by atoms with Gasteiger partial charge in [-0.1, -0.05) is 0 Å². The van der Waals surface area contributed by atoms with Crippen molar-refractivity contribution in [3.63, 3.8) is 0 Å². The highest BCUT2D eigenvalue weighted by Gasteiger charge is 2.26. The second-order valence-corrected chi connectivity index (χ2v) is 8.98. The summed E-state index contributed by atoms with van der Waals surface area (Å²) >= 11 is 3.42. The summed E-state index contributed by atoms with van der Waals surface area (Å²) in [5.41, 5.74) is 1.92. The molecule has 4 aromatic rings. The number of carbonyl (C=O) groups excluding carboxylic acids is 1. The number of rotatable bonds is 4. The van der Waals surface area contributed by atoms with Crippen molar-refractivity contribution in [3.8, 4) is 11.5 Å². The molecule has 32 heavy (non-hydrogen) atoms. The summed E-state index contributed by atoms with van der Waals surface area (Å²) in [5.74, 6) is 1.53. The van der Waals surface area contributed by atoms with Crippen LogP contribution in [0.2, 0.25) is 0 Å². The highest BCUT2D eigenvalue weighted by atomic mass is 79.9. The molecule has 0 aliphatic carbocycles. The van der Waals surface area contributed by atoms with Gasteiger partial charge in [-0.25, -0.2) is 14.6 Å². The van der Waals surface area contributed by atoms with Crippen LogP contribution in [0.25, 0.3) is 22.5 Å². The van der Waals surface area contributed by atoms with Gasteiger partial charge in [-0.05, 0) is 60.1 Å². The third-order valence-corrected chi connectivity index (χ3v) is 6.13. The standard InChI is InChI=1S/C23H23BrN6O2/c1-15(2)30-22-18(14-26-30)17(12-19(27-22)20-4-3-11-32-20)23(31)29-9-7-28(8-10-29)21-6-5-16(24)13-25-21/h3-6,11-15H,7-10H2,1-2H3. The van der Waals surface area contributed by atoms with E-state index in [-0.39, 0.29) is 11.9 Å². The van der Waals surface area contributed by atoms with Crippen LogP contribution in [0.1, 0.15) is 30.2 Å². The first-order valence-electron chi connectivity index (χ1n) is 10.6. The summed E-state index contributed by atoms with van der Waals surface area (Å²) in [6.45, 7) is 6.79. The van der Waals surface area contributed by atoms with Crippen molar-refractivity contribution in [3.05, 3.63) is 59.0 Å². The lowest BCUT2D eigenvalue weighted by Crippen LogP contribution is -2.49. The molecule has 8 nitrogen and oxygen atoms in total. The van der Waals surface area contributed by atoms with Crippen LogP contribution in [0.3, 0.4) is 0 Å². The lowest BCUT2D eigenvalue weighted by Gasteiger charge is -2.35. The lowest BCUT2D eigenvalue weighted by atomic mass is 10.1.